The molecule has 158 valence electrons. The second-order valence-electron chi connectivity index (χ2n) is 6.85. The molecular weight excluding hydrogens is 384 g/mol. The summed E-state index contributed by atoms with van der Waals surface area (Å²) in [6.07, 6.45) is 6.03. The normalized spacial score (nSPS) is 11.1. The lowest BCUT2D eigenvalue weighted by Gasteiger charge is -2.08. The second kappa shape index (κ2) is 11.5. The van der Waals surface area contributed by atoms with Gasteiger partial charge in [0.25, 0.3) is 11.6 Å². The SMILES string of the molecule is CCCCCCOc1ccc(/C=C(\C(C)=O)C(=O)Nc2ccc([N+](=O)[O-])cc2)cc1. The van der Waals surface area contributed by atoms with Crippen molar-refractivity contribution in [2.24, 2.45) is 0 Å². The number of hydrogen-bond acceptors (Lipinski definition) is 5. The van der Waals surface area contributed by atoms with Gasteiger partial charge in [0.05, 0.1) is 17.1 Å². The largest absolute Gasteiger partial charge is 0.494 e. The smallest absolute Gasteiger partial charge is 0.269 e. The number of amides is 1. The number of nitro benzene ring substituents is 1. The fraction of sp³-hybridized carbons (Fsp3) is 0.304. The zero-order valence-electron chi connectivity index (χ0n) is 17.2. The van der Waals surface area contributed by atoms with Crippen molar-refractivity contribution in [1.82, 2.24) is 0 Å². The summed E-state index contributed by atoms with van der Waals surface area (Å²) in [5, 5.41) is 13.3. The number of nitrogens with zero attached hydrogens (tertiary/aromatic N) is 1. The summed E-state index contributed by atoms with van der Waals surface area (Å²) in [7, 11) is 0. The van der Waals surface area contributed by atoms with Crippen LogP contribution in [0.5, 0.6) is 5.75 Å². The number of nitrogens with one attached hydrogen (secondary N) is 1. The molecule has 2 aromatic carbocycles. The Labute approximate surface area is 175 Å². The molecule has 1 amide bonds. The summed E-state index contributed by atoms with van der Waals surface area (Å²) in [5.74, 6) is -0.221. The molecule has 0 aliphatic rings. The lowest BCUT2D eigenvalue weighted by molar-refractivity contribution is -0.384. The highest BCUT2D eigenvalue weighted by Crippen LogP contribution is 2.18. The fourth-order valence-corrected chi connectivity index (χ4v) is 2.74. The molecule has 0 atom stereocenters. The van der Waals surface area contributed by atoms with Crippen LogP contribution in [0.3, 0.4) is 0 Å². The van der Waals surface area contributed by atoms with Crippen LogP contribution in [0.25, 0.3) is 6.08 Å². The van der Waals surface area contributed by atoms with E-state index >= 15 is 0 Å². The molecule has 2 aromatic rings. The first-order valence-corrected chi connectivity index (χ1v) is 9.92. The number of ether oxygens (including phenoxy) is 1. The monoisotopic (exact) mass is 410 g/mol. The van der Waals surface area contributed by atoms with Crippen molar-refractivity contribution in [1.29, 1.82) is 0 Å². The molecule has 7 heteroatoms. The molecule has 2 rings (SSSR count). The van der Waals surface area contributed by atoms with Crippen LogP contribution in [0.4, 0.5) is 11.4 Å². The molecule has 0 saturated carbocycles. The summed E-state index contributed by atoms with van der Waals surface area (Å²) >= 11 is 0. The van der Waals surface area contributed by atoms with E-state index in [1.807, 2.05) is 0 Å². The Hall–Kier alpha value is -3.48. The van der Waals surface area contributed by atoms with Crippen molar-refractivity contribution < 1.29 is 19.2 Å². The first-order valence-electron chi connectivity index (χ1n) is 9.92. The Morgan fingerprint density at radius 3 is 2.27 bits per heavy atom. The van der Waals surface area contributed by atoms with E-state index in [0.717, 1.165) is 18.6 Å². The average molecular weight is 410 g/mol. The molecule has 0 fully saturated rings. The predicted octanol–water partition coefficient (Wildman–Crippen LogP) is 5.17. The van der Waals surface area contributed by atoms with E-state index in [-0.39, 0.29) is 17.0 Å². The highest BCUT2D eigenvalue weighted by Gasteiger charge is 2.15. The van der Waals surface area contributed by atoms with E-state index in [4.69, 9.17) is 4.74 Å². The Morgan fingerprint density at radius 1 is 1.03 bits per heavy atom. The number of ketones is 1. The molecule has 30 heavy (non-hydrogen) atoms. The average Bonchev–Trinajstić information content (AvgIpc) is 2.73. The quantitative estimate of drug-likeness (QED) is 0.138. The number of carbonyl (C=O) groups is 2. The number of anilines is 1. The number of rotatable bonds is 11. The number of benzene rings is 2. The van der Waals surface area contributed by atoms with Gasteiger partial charge in [-0.3, -0.25) is 19.7 Å². The Kier molecular flexibility index (Phi) is 8.75. The molecule has 0 aromatic heterocycles. The fourth-order valence-electron chi connectivity index (χ4n) is 2.74. The van der Waals surface area contributed by atoms with Crippen LogP contribution in [-0.2, 0) is 9.59 Å². The molecular formula is C23H26N2O5. The summed E-state index contributed by atoms with van der Waals surface area (Å²) < 4.78 is 5.70. The molecule has 0 saturated heterocycles. The number of nitro groups is 1. The summed E-state index contributed by atoms with van der Waals surface area (Å²) in [6, 6.07) is 12.6. The molecule has 0 bridgehead atoms. The highest BCUT2D eigenvalue weighted by atomic mass is 16.6. The van der Waals surface area contributed by atoms with Crippen LogP contribution in [0.15, 0.2) is 54.1 Å². The lowest BCUT2D eigenvalue weighted by Crippen LogP contribution is -2.18. The summed E-state index contributed by atoms with van der Waals surface area (Å²) in [4.78, 5) is 34.7. The molecule has 0 heterocycles. The van der Waals surface area contributed by atoms with Gasteiger partial charge in [-0.25, -0.2) is 0 Å². The maximum atomic E-state index is 12.5. The van der Waals surface area contributed by atoms with Crippen molar-refractivity contribution in [3.05, 3.63) is 69.8 Å². The van der Waals surface area contributed by atoms with Crippen molar-refractivity contribution in [2.45, 2.75) is 39.5 Å². The van der Waals surface area contributed by atoms with Crippen molar-refractivity contribution in [3.63, 3.8) is 0 Å². The van der Waals surface area contributed by atoms with Crippen LogP contribution >= 0.6 is 0 Å². The third-order valence-corrected chi connectivity index (χ3v) is 4.42. The maximum absolute atomic E-state index is 12.5. The number of non-ortho nitro benzene ring substituents is 1. The topological polar surface area (TPSA) is 98.5 Å². The molecule has 1 N–H and O–H groups in total. The zero-order valence-corrected chi connectivity index (χ0v) is 17.2. The van der Waals surface area contributed by atoms with E-state index in [1.54, 1.807) is 24.3 Å². The van der Waals surface area contributed by atoms with Gasteiger partial charge in [-0.1, -0.05) is 38.3 Å². The van der Waals surface area contributed by atoms with Gasteiger partial charge in [0, 0.05) is 17.8 Å². The van der Waals surface area contributed by atoms with E-state index < -0.39 is 10.8 Å². The third kappa shape index (κ3) is 7.16. The first kappa shape index (κ1) is 22.8. The van der Waals surface area contributed by atoms with Gasteiger partial charge in [0.15, 0.2) is 5.78 Å². The van der Waals surface area contributed by atoms with Gasteiger partial charge in [0.2, 0.25) is 0 Å². The molecule has 0 unspecified atom stereocenters. The standard InChI is InChI=1S/C23H26N2O5/c1-3-4-5-6-15-30-21-13-7-18(8-14-21)16-22(17(2)26)23(27)24-19-9-11-20(12-10-19)25(28)29/h7-14,16H,3-6,15H2,1-2H3,(H,24,27)/b22-16+. The Bertz CT molecular complexity index is 902. The van der Waals surface area contributed by atoms with Gasteiger partial charge in [-0.15, -0.1) is 0 Å². The van der Waals surface area contributed by atoms with Crippen molar-refractivity contribution in [3.8, 4) is 5.75 Å². The Morgan fingerprint density at radius 2 is 1.70 bits per heavy atom. The van der Waals surface area contributed by atoms with Gasteiger partial charge < -0.3 is 10.1 Å². The van der Waals surface area contributed by atoms with Gasteiger partial charge in [0.1, 0.15) is 5.75 Å². The van der Waals surface area contributed by atoms with Crippen molar-refractivity contribution in [2.75, 3.05) is 11.9 Å². The van der Waals surface area contributed by atoms with Crippen molar-refractivity contribution >= 4 is 29.1 Å². The van der Waals surface area contributed by atoms with Crippen LogP contribution in [-0.4, -0.2) is 23.2 Å². The predicted molar refractivity (Wildman–Crippen MR) is 116 cm³/mol. The van der Waals surface area contributed by atoms with Gasteiger partial charge >= 0.3 is 0 Å². The summed E-state index contributed by atoms with van der Waals surface area (Å²) in [5.41, 5.74) is 0.964. The van der Waals surface area contributed by atoms with Crippen LogP contribution in [0, 0.1) is 10.1 Å². The zero-order chi connectivity index (χ0) is 21.9. The van der Waals surface area contributed by atoms with E-state index in [2.05, 4.69) is 12.2 Å². The minimum Gasteiger partial charge on any atom is -0.494 e. The van der Waals surface area contributed by atoms with Gasteiger partial charge in [-0.05, 0) is 49.2 Å². The minimum absolute atomic E-state index is 0.0124. The molecule has 0 aliphatic heterocycles. The molecule has 0 radical (unpaired) electrons. The lowest BCUT2D eigenvalue weighted by atomic mass is 10.1. The van der Waals surface area contributed by atoms with Crippen LogP contribution in [0.1, 0.15) is 45.1 Å². The molecule has 7 nitrogen and oxygen atoms in total. The minimum atomic E-state index is -0.576. The first-order chi connectivity index (χ1) is 14.4. The second-order valence-corrected chi connectivity index (χ2v) is 6.85. The number of carbonyl (C=O) groups excluding carboxylic acids is 2. The van der Waals surface area contributed by atoms with Crippen LogP contribution in [0.2, 0.25) is 0 Å². The third-order valence-electron chi connectivity index (χ3n) is 4.42. The number of hydrogen-bond donors (Lipinski definition) is 1. The molecule has 0 aliphatic carbocycles. The highest BCUT2D eigenvalue weighted by molar-refractivity contribution is 6.25. The van der Waals surface area contributed by atoms with E-state index in [9.17, 15) is 19.7 Å². The Balaban J connectivity index is 2.03. The van der Waals surface area contributed by atoms with Crippen LogP contribution < -0.4 is 10.1 Å². The molecule has 0 spiro atoms. The van der Waals surface area contributed by atoms with E-state index in [1.165, 1.54) is 50.1 Å². The number of Topliss-reactive ketones (excluding diaryl/α,β-unsaturated/α-hetero) is 1. The summed E-state index contributed by atoms with van der Waals surface area (Å²) in [6.45, 7) is 4.13. The van der Waals surface area contributed by atoms with Gasteiger partial charge in [-0.2, -0.15) is 0 Å². The number of unbranched alkanes of at least 4 members (excludes halogenated alkanes) is 3. The maximum Gasteiger partial charge on any atom is 0.269 e. The van der Waals surface area contributed by atoms with E-state index in [0.29, 0.717) is 17.9 Å².